The quantitative estimate of drug-likeness (QED) is 0.360. The maximum atomic E-state index is 6.93. The van der Waals surface area contributed by atoms with Crippen LogP contribution < -0.4 is 5.73 Å². The van der Waals surface area contributed by atoms with Gasteiger partial charge in [-0.1, -0.05) is 39.5 Å². The van der Waals surface area contributed by atoms with Crippen molar-refractivity contribution in [3.63, 3.8) is 0 Å². The van der Waals surface area contributed by atoms with E-state index < -0.39 is 0 Å². The van der Waals surface area contributed by atoms with Crippen LogP contribution >= 0.6 is 0 Å². The van der Waals surface area contributed by atoms with Crippen LogP contribution in [0.5, 0.6) is 0 Å². The van der Waals surface area contributed by atoms with E-state index >= 15 is 0 Å². The Labute approximate surface area is 99.4 Å². The van der Waals surface area contributed by atoms with Crippen molar-refractivity contribution in [2.24, 2.45) is 10.7 Å². The zero-order valence-corrected chi connectivity index (χ0v) is 10.7. The minimum Gasteiger partial charge on any atom is -0.369 e. The Kier molecular flexibility index (Phi) is 9.76. The zero-order valence-electron chi connectivity index (χ0n) is 10.7. The Morgan fingerprint density at radius 2 is 1.62 bits per heavy atom. The SMILES string of the molecule is CCCCCN(CCCCC)C(N)=NC=N. The molecule has 3 N–H and O–H groups in total. The van der Waals surface area contributed by atoms with Gasteiger partial charge in [-0.2, -0.15) is 0 Å². The lowest BCUT2D eigenvalue weighted by molar-refractivity contribution is 0.387. The van der Waals surface area contributed by atoms with Crippen LogP contribution in [0.15, 0.2) is 4.99 Å². The van der Waals surface area contributed by atoms with E-state index in [1.807, 2.05) is 0 Å². The summed E-state index contributed by atoms with van der Waals surface area (Å²) < 4.78 is 0. The van der Waals surface area contributed by atoms with Crippen LogP contribution in [0.1, 0.15) is 52.4 Å². The average Bonchev–Trinajstić information content (AvgIpc) is 2.28. The predicted molar refractivity (Wildman–Crippen MR) is 71.0 cm³/mol. The predicted octanol–water partition coefficient (Wildman–Crippen LogP) is 2.59. The van der Waals surface area contributed by atoms with Crippen molar-refractivity contribution in [2.75, 3.05) is 13.1 Å². The zero-order chi connectivity index (χ0) is 12.2. The largest absolute Gasteiger partial charge is 0.369 e. The van der Waals surface area contributed by atoms with E-state index in [2.05, 4.69) is 23.7 Å². The van der Waals surface area contributed by atoms with Crippen molar-refractivity contribution in [1.29, 1.82) is 5.41 Å². The number of hydrogen-bond acceptors (Lipinski definition) is 1. The van der Waals surface area contributed by atoms with Crippen LogP contribution in [0.25, 0.3) is 0 Å². The van der Waals surface area contributed by atoms with E-state index in [-0.39, 0.29) is 0 Å². The van der Waals surface area contributed by atoms with Gasteiger partial charge in [-0.15, -0.1) is 0 Å². The molecule has 4 heteroatoms. The monoisotopic (exact) mass is 226 g/mol. The van der Waals surface area contributed by atoms with Crippen LogP contribution in [0, 0.1) is 5.41 Å². The summed E-state index contributed by atoms with van der Waals surface area (Å²) in [6.07, 6.45) is 8.19. The van der Waals surface area contributed by atoms with Crippen molar-refractivity contribution in [3.8, 4) is 0 Å². The number of nitrogens with zero attached hydrogens (tertiary/aromatic N) is 2. The molecular formula is C12H26N4. The van der Waals surface area contributed by atoms with Crippen LogP contribution in [0.3, 0.4) is 0 Å². The highest BCUT2D eigenvalue weighted by Crippen LogP contribution is 2.02. The molecule has 0 fully saturated rings. The van der Waals surface area contributed by atoms with Gasteiger partial charge in [0.1, 0.15) is 6.34 Å². The summed E-state index contributed by atoms with van der Waals surface area (Å²) in [5.74, 6) is 0.488. The summed E-state index contributed by atoms with van der Waals surface area (Å²) in [7, 11) is 0. The molecule has 0 aromatic rings. The van der Waals surface area contributed by atoms with Crippen molar-refractivity contribution in [3.05, 3.63) is 0 Å². The maximum absolute atomic E-state index is 6.93. The summed E-state index contributed by atoms with van der Waals surface area (Å²) in [4.78, 5) is 5.94. The summed E-state index contributed by atoms with van der Waals surface area (Å²) in [6.45, 7) is 6.30. The molecule has 0 amide bonds. The molecule has 0 radical (unpaired) electrons. The van der Waals surface area contributed by atoms with Crippen LogP contribution in [0.4, 0.5) is 0 Å². The number of aliphatic imine (C=N–C) groups is 1. The third-order valence-corrected chi connectivity index (χ3v) is 2.58. The molecule has 0 aliphatic rings. The minimum absolute atomic E-state index is 0.488. The van der Waals surface area contributed by atoms with Crippen molar-refractivity contribution in [1.82, 2.24) is 4.90 Å². The second-order valence-electron chi connectivity index (χ2n) is 4.02. The highest BCUT2D eigenvalue weighted by Gasteiger charge is 2.06. The molecule has 0 aromatic carbocycles. The molecule has 0 aromatic heterocycles. The van der Waals surface area contributed by atoms with E-state index in [1.165, 1.54) is 25.7 Å². The highest BCUT2D eigenvalue weighted by atomic mass is 15.2. The molecule has 94 valence electrons. The molecule has 0 heterocycles. The van der Waals surface area contributed by atoms with Gasteiger partial charge in [0.05, 0.1) is 0 Å². The lowest BCUT2D eigenvalue weighted by Crippen LogP contribution is -2.38. The third-order valence-electron chi connectivity index (χ3n) is 2.58. The number of nitrogens with one attached hydrogen (secondary N) is 1. The van der Waals surface area contributed by atoms with Gasteiger partial charge < -0.3 is 10.6 Å². The van der Waals surface area contributed by atoms with Gasteiger partial charge in [0, 0.05) is 13.1 Å². The number of guanidine groups is 1. The molecule has 0 rings (SSSR count). The first kappa shape index (κ1) is 14.9. The fraction of sp³-hybridized carbons (Fsp3) is 0.833. The van der Waals surface area contributed by atoms with Gasteiger partial charge in [-0.3, -0.25) is 5.41 Å². The third kappa shape index (κ3) is 7.26. The first-order valence-electron chi connectivity index (χ1n) is 6.33. The van der Waals surface area contributed by atoms with Gasteiger partial charge in [-0.25, -0.2) is 4.99 Å². The minimum atomic E-state index is 0.488. The number of nitrogens with two attached hydrogens (primary N) is 1. The maximum Gasteiger partial charge on any atom is 0.197 e. The van der Waals surface area contributed by atoms with Gasteiger partial charge in [0.15, 0.2) is 5.96 Å². The molecule has 0 spiro atoms. The molecule has 0 atom stereocenters. The Morgan fingerprint density at radius 3 is 2.00 bits per heavy atom. The number of unbranched alkanes of at least 4 members (excludes halogenated alkanes) is 4. The van der Waals surface area contributed by atoms with Crippen LogP contribution in [-0.2, 0) is 0 Å². The molecule has 16 heavy (non-hydrogen) atoms. The van der Waals surface area contributed by atoms with Crippen LogP contribution in [0.2, 0.25) is 0 Å². The standard InChI is InChI=1S/C12H26N4/c1-3-5-7-9-16(10-8-6-4-2)12(14)15-11-13/h11H,3-10H2,1-2H3,(H3,13,14,15). The molecule has 0 bridgehead atoms. The molecular weight excluding hydrogens is 200 g/mol. The van der Waals surface area contributed by atoms with E-state index in [0.717, 1.165) is 32.3 Å². The number of rotatable bonds is 9. The van der Waals surface area contributed by atoms with Gasteiger partial charge in [0.25, 0.3) is 0 Å². The average molecular weight is 226 g/mol. The second-order valence-corrected chi connectivity index (χ2v) is 4.02. The highest BCUT2D eigenvalue weighted by molar-refractivity contribution is 5.84. The summed E-state index contributed by atoms with van der Waals surface area (Å²) in [5, 5.41) is 6.93. The lowest BCUT2D eigenvalue weighted by Gasteiger charge is -2.23. The Hall–Kier alpha value is -1.06. The molecule has 0 saturated carbocycles. The van der Waals surface area contributed by atoms with Crippen LogP contribution in [-0.4, -0.2) is 30.3 Å². The summed E-state index contributed by atoms with van der Waals surface area (Å²) in [5.41, 5.74) is 5.82. The first-order valence-corrected chi connectivity index (χ1v) is 6.33. The van der Waals surface area contributed by atoms with E-state index in [1.54, 1.807) is 0 Å². The first-order chi connectivity index (χ1) is 7.76. The van der Waals surface area contributed by atoms with Gasteiger partial charge in [-0.05, 0) is 12.8 Å². The Balaban J connectivity index is 4.04. The fourth-order valence-electron chi connectivity index (χ4n) is 1.59. The smallest absolute Gasteiger partial charge is 0.197 e. The van der Waals surface area contributed by atoms with E-state index in [9.17, 15) is 0 Å². The second kappa shape index (κ2) is 10.5. The number of hydrogen-bond donors (Lipinski definition) is 2. The van der Waals surface area contributed by atoms with Crippen molar-refractivity contribution >= 4 is 12.3 Å². The molecule has 0 aliphatic heterocycles. The Bertz CT molecular complexity index is 191. The van der Waals surface area contributed by atoms with Gasteiger partial charge >= 0.3 is 0 Å². The lowest BCUT2D eigenvalue weighted by atomic mass is 10.2. The molecule has 4 nitrogen and oxygen atoms in total. The summed E-state index contributed by atoms with van der Waals surface area (Å²) in [6, 6.07) is 0. The topological polar surface area (TPSA) is 65.5 Å². The van der Waals surface area contributed by atoms with Crippen molar-refractivity contribution in [2.45, 2.75) is 52.4 Å². The molecule has 0 unspecified atom stereocenters. The van der Waals surface area contributed by atoms with Gasteiger partial charge in [0.2, 0.25) is 0 Å². The molecule has 0 aliphatic carbocycles. The normalized spacial score (nSPS) is 11.5. The van der Waals surface area contributed by atoms with Crippen molar-refractivity contribution < 1.29 is 0 Å². The molecule has 0 saturated heterocycles. The van der Waals surface area contributed by atoms with E-state index in [4.69, 9.17) is 11.1 Å². The Morgan fingerprint density at radius 1 is 1.12 bits per heavy atom. The fourth-order valence-corrected chi connectivity index (χ4v) is 1.59. The van der Waals surface area contributed by atoms with E-state index in [0.29, 0.717) is 5.96 Å². The summed E-state index contributed by atoms with van der Waals surface area (Å²) >= 11 is 0.